The maximum absolute atomic E-state index is 14.6. The lowest BCUT2D eigenvalue weighted by atomic mass is 9.92. The van der Waals surface area contributed by atoms with Crippen LogP contribution in [0.25, 0.3) is 11.1 Å². The predicted octanol–water partition coefficient (Wildman–Crippen LogP) is 5.48. The van der Waals surface area contributed by atoms with Gasteiger partial charge in [-0.05, 0) is 48.0 Å². The second kappa shape index (κ2) is 8.70. The van der Waals surface area contributed by atoms with E-state index in [1.807, 2.05) is 24.3 Å². The third kappa shape index (κ3) is 4.11. The Bertz CT molecular complexity index is 994. The Morgan fingerprint density at radius 3 is 2.62 bits per heavy atom. The molecule has 0 saturated carbocycles. The summed E-state index contributed by atoms with van der Waals surface area (Å²) in [7, 11) is 0. The average molecular weight is 412 g/mol. The minimum Gasteiger partial charge on any atom is -0.352 e. The van der Waals surface area contributed by atoms with Crippen molar-refractivity contribution in [2.75, 3.05) is 19.6 Å². The Hall–Kier alpha value is -2.14. The van der Waals surface area contributed by atoms with Gasteiger partial charge in [-0.15, -0.1) is 0 Å². The summed E-state index contributed by atoms with van der Waals surface area (Å²) in [5.41, 5.74) is 5.21. The normalized spacial score (nSPS) is 15.8. The van der Waals surface area contributed by atoms with Gasteiger partial charge in [-0.2, -0.15) is 0 Å². The fourth-order valence-electron chi connectivity index (χ4n) is 4.19. The molecule has 0 radical (unpaired) electrons. The van der Waals surface area contributed by atoms with Gasteiger partial charge in [0, 0.05) is 48.2 Å². The first kappa shape index (κ1) is 20.1. The monoisotopic (exact) mass is 411 g/mol. The van der Waals surface area contributed by atoms with E-state index in [1.54, 1.807) is 6.07 Å². The van der Waals surface area contributed by atoms with Crippen LogP contribution in [0, 0.1) is 5.82 Å². The quantitative estimate of drug-likeness (QED) is 0.579. The van der Waals surface area contributed by atoms with Crippen molar-refractivity contribution in [3.05, 3.63) is 82.4 Å². The number of rotatable bonds is 6. The Balaban J connectivity index is 1.72. The molecule has 3 nitrogen and oxygen atoms in total. The number of nitrogens with one attached hydrogen (secondary N) is 1. The van der Waals surface area contributed by atoms with Crippen molar-refractivity contribution >= 4 is 11.6 Å². The minimum absolute atomic E-state index is 0.202. The molecular formula is C24H27ClFN3. The van der Waals surface area contributed by atoms with E-state index in [2.05, 4.69) is 47.1 Å². The Morgan fingerprint density at radius 1 is 1.07 bits per heavy atom. The van der Waals surface area contributed by atoms with Crippen LogP contribution in [0.15, 0.2) is 54.9 Å². The van der Waals surface area contributed by atoms with Crippen LogP contribution in [-0.4, -0.2) is 29.1 Å². The van der Waals surface area contributed by atoms with Gasteiger partial charge in [0.05, 0.1) is 6.04 Å². The molecule has 29 heavy (non-hydrogen) atoms. The number of fused-ring (bicyclic) bond motifs is 3. The van der Waals surface area contributed by atoms with Crippen molar-refractivity contribution in [2.45, 2.75) is 33.0 Å². The van der Waals surface area contributed by atoms with Crippen molar-refractivity contribution in [3.63, 3.8) is 0 Å². The first-order valence-corrected chi connectivity index (χ1v) is 10.7. The van der Waals surface area contributed by atoms with Gasteiger partial charge in [-0.3, -0.25) is 0 Å². The third-order valence-electron chi connectivity index (χ3n) is 5.86. The lowest BCUT2D eigenvalue weighted by Crippen LogP contribution is -2.26. The molecule has 0 amide bonds. The molecule has 1 aromatic heterocycles. The molecular weight excluding hydrogens is 385 g/mol. The highest BCUT2D eigenvalue weighted by Gasteiger charge is 2.26. The second-order valence-electron chi connectivity index (χ2n) is 7.53. The summed E-state index contributed by atoms with van der Waals surface area (Å²) in [6.07, 6.45) is 4.44. The molecule has 1 aliphatic heterocycles. The van der Waals surface area contributed by atoms with Crippen LogP contribution < -0.4 is 5.32 Å². The fraction of sp³-hybridized carbons (Fsp3) is 0.333. The van der Waals surface area contributed by atoms with Crippen LogP contribution in [0.3, 0.4) is 0 Å². The van der Waals surface area contributed by atoms with Crippen LogP contribution in [0.4, 0.5) is 4.39 Å². The van der Waals surface area contributed by atoms with Crippen molar-refractivity contribution in [1.29, 1.82) is 0 Å². The number of aromatic nitrogens is 1. The van der Waals surface area contributed by atoms with E-state index in [4.69, 9.17) is 11.6 Å². The summed E-state index contributed by atoms with van der Waals surface area (Å²) >= 11 is 6.34. The van der Waals surface area contributed by atoms with E-state index in [0.717, 1.165) is 37.3 Å². The standard InChI is InChI=1S/C24H27ClFN3/c1-3-28(4-2)11-12-29-15-17-14-27-24(20-7-5-6-8-23(20)26)21-13-18(25)9-10-19(21)22(17)16-29/h5-10,13,15-16,24,27H,3-4,11-12,14H2,1-2H3. The number of halogens is 2. The van der Waals surface area contributed by atoms with Gasteiger partial charge in [0.1, 0.15) is 5.82 Å². The van der Waals surface area contributed by atoms with Gasteiger partial charge < -0.3 is 14.8 Å². The molecule has 0 saturated heterocycles. The van der Waals surface area contributed by atoms with Gasteiger partial charge in [-0.1, -0.05) is 49.7 Å². The Labute approximate surface area is 177 Å². The highest BCUT2D eigenvalue weighted by atomic mass is 35.5. The first-order valence-electron chi connectivity index (χ1n) is 10.3. The molecule has 152 valence electrons. The minimum atomic E-state index is -0.235. The molecule has 4 rings (SSSR count). The van der Waals surface area contributed by atoms with Gasteiger partial charge in [-0.25, -0.2) is 4.39 Å². The molecule has 1 unspecified atom stereocenters. The zero-order valence-corrected chi connectivity index (χ0v) is 17.7. The molecule has 1 atom stereocenters. The van der Waals surface area contributed by atoms with E-state index in [0.29, 0.717) is 17.1 Å². The van der Waals surface area contributed by atoms with Crippen LogP contribution in [0.2, 0.25) is 5.02 Å². The van der Waals surface area contributed by atoms with Crippen molar-refractivity contribution in [2.24, 2.45) is 0 Å². The molecule has 2 aromatic carbocycles. The van der Waals surface area contributed by atoms with Gasteiger partial charge in [0.25, 0.3) is 0 Å². The largest absolute Gasteiger partial charge is 0.352 e. The van der Waals surface area contributed by atoms with E-state index >= 15 is 0 Å². The van der Waals surface area contributed by atoms with E-state index in [-0.39, 0.29) is 11.9 Å². The highest BCUT2D eigenvalue weighted by molar-refractivity contribution is 6.30. The van der Waals surface area contributed by atoms with Crippen molar-refractivity contribution < 1.29 is 4.39 Å². The molecule has 0 bridgehead atoms. The van der Waals surface area contributed by atoms with Crippen molar-refractivity contribution in [1.82, 2.24) is 14.8 Å². The molecule has 2 heterocycles. The Kier molecular flexibility index (Phi) is 6.04. The molecule has 0 spiro atoms. The molecule has 5 heteroatoms. The van der Waals surface area contributed by atoms with E-state index in [9.17, 15) is 4.39 Å². The molecule has 1 aliphatic rings. The first-order chi connectivity index (χ1) is 14.1. The summed E-state index contributed by atoms with van der Waals surface area (Å²) in [6.45, 7) is 9.17. The number of likely N-dealkylation sites (N-methyl/N-ethyl adjacent to an activating group) is 1. The fourth-order valence-corrected chi connectivity index (χ4v) is 4.37. The van der Waals surface area contributed by atoms with Crippen LogP contribution in [0.1, 0.15) is 36.6 Å². The molecule has 0 fully saturated rings. The smallest absolute Gasteiger partial charge is 0.128 e. The zero-order chi connectivity index (χ0) is 20.4. The lowest BCUT2D eigenvalue weighted by molar-refractivity contribution is 0.290. The van der Waals surface area contributed by atoms with Crippen LogP contribution >= 0.6 is 11.6 Å². The number of hydrogen-bond donors (Lipinski definition) is 1. The molecule has 1 N–H and O–H groups in total. The summed E-state index contributed by atoms with van der Waals surface area (Å²) in [5.74, 6) is -0.202. The highest BCUT2D eigenvalue weighted by Crippen LogP contribution is 2.39. The van der Waals surface area contributed by atoms with Gasteiger partial charge >= 0.3 is 0 Å². The maximum Gasteiger partial charge on any atom is 0.128 e. The molecule has 0 aliphatic carbocycles. The van der Waals surface area contributed by atoms with Crippen molar-refractivity contribution in [3.8, 4) is 11.1 Å². The number of nitrogens with zero attached hydrogens (tertiary/aromatic N) is 2. The van der Waals surface area contributed by atoms with Crippen LogP contribution in [-0.2, 0) is 13.1 Å². The van der Waals surface area contributed by atoms with Crippen LogP contribution in [0.5, 0.6) is 0 Å². The van der Waals surface area contributed by atoms with Gasteiger partial charge in [0.15, 0.2) is 0 Å². The maximum atomic E-state index is 14.6. The second-order valence-corrected chi connectivity index (χ2v) is 7.97. The summed E-state index contributed by atoms with van der Waals surface area (Å²) in [5, 5.41) is 4.22. The van der Waals surface area contributed by atoms with E-state index < -0.39 is 0 Å². The topological polar surface area (TPSA) is 20.2 Å². The summed E-state index contributed by atoms with van der Waals surface area (Å²) in [6, 6.07) is 12.7. The zero-order valence-electron chi connectivity index (χ0n) is 17.0. The SMILES string of the molecule is CCN(CC)CCn1cc2c(c1)-c1ccc(Cl)cc1C(c1ccccc1F)NC2. The average Bonchev–Trinajstić information content (AvgIpc) is 3.07. The summed E-state index contributed by atoms with van der Waals surface area (Å²) in [4.78, 5) is 2.42. The molecule has 3 aromatic rings. The Morgan fingerprint density at radius 2 is 1.86 bits per heavy atom. The van der Waals surface area contributed by atoms with Gasteiger partial charge in [0.2, 0.25) is 0 Å². The van der Waals surface area contributed by atoms with E-state index in [1.165, 1.54) is 17.2 Å². The lowest BCUT2D eigenvalue weighted by Gasteiger charge is -2.21. The number of hydrogen-bond acceptors (Lipinski definition) is 2. The number of benzene rings is 2. The third-order valence-corrected chi connectivity index (χ3v) is 6.09. The predicted molar refractivity (Wildman–Crippen MR) is 118 cm³/mol. The summed E-state index contributed by atoms with van der Waals surface area (Å²) < 4.78 is 16.9.